The van der Waals surface area contributed by atoms with Gasteiger partial charge in [-0.05, 0) is 31.3 Å². The molecule has 5 heteroatoms. The van der Waals surface area contributed by atoms with Crippen molar-refractivity contribution in [1.82, 2.24) is 0 Å². The maximum absolute atomic E-state index is 11.2. The van der Waals surface area contributed by atoms with Gasteiger partial charge < -0.3 is 19.7 Å². The number of rotatable bonds is 8. The Bertz CT molecular complexity index is 563. The molecule has 2 N–H and O–H groups in total. The van der Waals surface area contributed by atoms with Gasteiger partial charge in [0.15, 0.2) is 0 Å². The van der Waals surface area contributed by atoms with Gasteiger partial charge in [-0.15, -0.1) is 0 Å². The third-order valence-corrected chi connectivity index (χ3v) is 6.67. The number of carbonyl (C=O) groups is 1. The van der Waals surface area contributed by atoms with E-state index in [0.29, 0.717) is 18.8 Å². The summed E-state index contributed by atoms with van der Waals surface area (Å²) in [7, 11) is 1.41. The molecule has 1 heterocycles. The Morgan fingerprint density at radius 2 is 2.11 bits per heavy atom. The largest absolute Gasteiger partial charge is 0.495 e. The minimum absolute atomic E-state index is 0.0481. The number of fused-ring (bicyclic) bond motifs is 1. The zero-order chi connectivity index (χ0) is 19.9. The lowest BCUT2D eigenvalue weighted by molar-refractivity contribution is -0.140. The number of hydrogen-bond donors (Lipinski definition) is 2. The highest BCUT2D eigenvalue weighted by Crippen LogP contribution is 2.45. The summed E-state index contributed by atoms with van der Waals surface area (Å²) in [5.74, 6) is 1.77. The van der Waals surface area contributed by atoms with Gasteiger partial charge in [0.2, 0.25) is 0 Å². The average molecular weight is 393 g/mol. The number of ether oxygens (including phenoxy) is 2. The number of unbranched alkanes of at least 4 members (excludes halogenated alkanes) is 1. The van der Waals surface area contributed by atoms with Crippen LogP contribution in [0.2, 0.25) is 0 Å². The van der Waals surface area contributed by atoms with Gasteiger partial charge >= 0.3 is 5.97 Å². The van der Waals surface area contributed by atoms with Crippen molar-refractivity contribution < 1.29 is 24.5 Å². The van der Waals surface area contributed by atoms with E-state index in [0.717, 1.165) is 31.4 Å². The van der Waals surface area contributed by atoms with Crippen molar-refractivity contribution in [1.29, 1.82) is 0 Å². The van der Waals surface area contributed by atoms with Gasteiger partial charge in [-0.1, -0.05) is 44.3 Å². The molecule has 5 nitrogen and oxygen atoms in total. The molecular weight excluding hydrogens is 356 g/mol. The van der Waals surface area contributed by atoms with E-state index < -0.39 is 12.2 Å². The number of carbonyl (C=O) groups excluding carboxylic acids is 1. The summed E-state index contributed by atoms with van der Waals surface area (Å²) in [5, 5.41) is 20.8. The molecule has 0 aromatic carbocycles. The van der Waals surface area contributed by atoms with E-state index in [1.54, 1.807) is 0 Å². The SMILES string of the molecule is COC(=O)CCC/C=C1/C[C@@H]2[C@@H](/C=C/[C@@H](O)CC3CCCCC3)[C@H](O)C[C@H]2O1. The summed E-state index contributed by atoms with van der Waals surface area (Å²) < 4.78 is 10.7. The average Bonchev–Trinajstić information content (AvgIpc) is 3.20. The van der Waals surface area contributed by atoms with Crippen LogP contribution < -0.4 is 0 Å². The minimum Gasteiger partial charge on any atom is -0.495 e. The monoisotopic (exact) mass is 392 g/mol. The van der Waals surface area contributed by atoms with Crippen molar-refractivity contribution in [3.05, 3.63) is 24.0 Å². The molecule has 0 bridgehead atoms. The second-order valence-electron chi connectivity index (χ2n) is 8.74. The molecule has 0 radical (unpaired) electrons. The Kier molecular flexibility index (Phi) is 7.98. The van der Waals surface area contributed by atoms with Crippen molar-refractivity contribution in [3.63, 3.8) is 0 Å². The Labute approximate surface area is 168 Å². The van der Waals surface area contributed by atoms with Crippen LogP contribution >= 0.6 is 0 Å². The summed E-state index contributed by atoms with van der Waals surface area (Å²) >= 11 is 0. The molecule has 3 rings (SSSR count). The van der Waals surface area contributed by atoms with Crippen molar-refractivity contribution in [2.24, 2.45) is 17.8 Å². The van der Waals surface area contributed by atoms with Crippen LogP contribution in [0.25, 0.3) is 0 Å². The normalized spacial score (nSPS) is 33.2. The van der Waals surface area contributed by atoms with Crippen LogP contribution in [0.1, 0.15) is 70.6 Å². The highest BCUT2D eigenvalue weighted by Gasteiger charge is 2.46. The van der Waals surface area contributed by atoms with E-state index in [1.165, 1.54) is 39.2 Å². The fraction of sp³-hybridized carbons (Fsp3) is 0.783. The zero-order valence-electron chi connectivity index (χ0n) is 17.1. The van der Waals surface area contributed by atoms with Gasteiger partial charge in [0.1, 0.15) is 6.10 Å². The van der Waals surface area contributed by atoms with Crippen molar-refractivity contribution in [3.8, 4) is 0 Å². The maximum atomic E-state index is 11.2. The molecule has 2 aliphatic carbocycles. The predicted octanol–water partition coefficient (Wildman–Crippen LogP) is 3.89. The van der Waals surface area contributed by atoms with Crippen LogP contribution in [0.3, 0.4) is 0 Å². The van der Waals surface area contributed by atoms with Crippen LogP contribution in [-0.2, 0) is 14.3 Å². The molecule has 2 saturated carbocycles. The van der Waals surface area contributed by atoms with Crippen LogP contribution in [-0.4, -0.2) is 41.6 Å². The van der Waals surface area contributed by atoms with Gasteiger partial charge in [-0.25, -0.2) is 0 Å². The van der Waals surface area contributed by atoms with E-state index in [-0.39, 0.29) is 23.9 Å². The topological polar surface area (TPSA) is 76.0 Å². The highest BCUT2D eigenvalue weighted by atomic mass is 16.5. The van der Waals surface area contributed by atoms with Crippen LogP contribution in [0.15, 0.2) is 24.0 Å². The molecule has 5 atom stereocenters. The van der Waals surface area contributed by atoms with Crippen molar-refractivity contribution >= 4 is 5.97 Å². The number of allylic oxidation sites excluding steroid dienone is 2. The summed E-state index contributed by atoms with van der Waals surface area (Å²) in [6, 6.07) is 0. The van der Waals surface area contributed by atoms with Gasteiger partial charge in [-0.3, -0.25) is 4.79 Å². The molecule has 0 aromatic rings. The van der Waals surface area contributed by atoms with Crippen LogP contribution in [0.5, 0.6) is 0 Å². The van der Waals surface area contributed by atoms with Crippen LogP contribution in [0.4, 0.5) is 0 Å². The molecule has 3 fully saturated rings. The Morgan fingerprint density at radius 1 is 1.32 bits per heavy atom. The Balaban J connectivity index is 1.47. The summed E-state index contributed by atoms with van der Waals surface area (Å²) in [6.45, 7) is 0. The van der Waals surface area contributed by atoms with Crippen molar-refractivity contribution in [2.45, 2.75) is 88.9 Å². The summed E-state index contributed by atoms with van der Waals surface area (Å²) in [6.07, 6.45) is 16.0. The molecule has 0 spiro atoms. The Morgan fingerprint density at radius 3 is 2.86 bits per heavy atom. The van der Waals surface area contributed by atoms with E-state index in [9.17, 15) is 15.0 Å². The standard InChI is InChI=1S/C23H36O5/c1-27-23(26)10-6-5-9-18-14-20-19(21(25)15-22(20)28-18)12-11-17(24)13-16-7-3-2-4-8-16/h9,11-12,16-17,19-22,24-25H,2-8,10,13-15H2,1H3/b12-11+,18-9-/t17-,19-,20-,21-,22-/m1/s1. The molecule has 1 saturated heterocycles. The Hall–Kier alpha value is -1.33. The second-order valence-corrected chi connectivity index (χ2v) is 8.74. The third kappa shape index (κ3) is 5.84. The highest BCUT2D eigenvalue weighted by molar-refractivity contribution is 5.69. The quantitative estimate of drug-likeness (QED) is 0.372. The van der Waals surface area contributed by atoms with E-state index in [4.69, 9.17) is 4.74 Å². The minimum atomic E-state index is -0.412. The van der Waals surface area contributed by atoms with E-state index in [1.807, 2.05) is 12.2 Å². The fourth-order valence-corrected chi connectivity index (χ4v) is 5.09. The van der Waals surface area contributed by atoms with Crippen LogP contribution in [0, 0.1) is 17.8 Å². The molecular formula is C23H36O5. The molecule has 3 aliphatic rings. The lowest BCUT2D eigenvalue weighted by Gasteiger charge is -2.23. The lowest BCUT2D eigenvalue weighted by atomic mass is 9.85. The number of aliphatic hydroxyl groups is 2. The van der Waals surface area contributed by atoms with Gasteiger partial charge in [0.05, 0.1) is 25.1 Å². The van der Waals surface area contributed by atoms with Gasteiger partial charge in [0.25, 0.3) is 0 Å². The molecule has 0 aromatic heterocycles. The molecule has 1 aliphatic heterocycles. The first-order valence-electron chi connectivity index (χ1n) is 11.0. The number of methoxy groups -OCH3 is 1. The fourth-order valence-electron chi connectivity index (χ4n) is 5.09. The first-order valence-corrected chi connectivity index (χ1v) is 11.0. The smallest absolute Gasteiger partial charge is 0.305 e. The van der Waals surface area contributed by atoms with E-state index >= 15 is 0 Å². The second kappa shape index (κ2) is 10.4. The van der Waals surface area contributed by atoms with Gasteiger partial charge in [-0.2, -0.15) is 0 Å². The van der Waals surface area contributed by atoms with Crippen molar-refractivity contribution in [2.75, 3.05) is 7.11 Å². The van der Waals surface area contributed by atoms with E-state index in [2.05, 4.69) is 10.8 Å². The first-order chi connectivity index (χ1) is 13.6. The predicted molar refractivity (Wildman–Crippen MR) is 107 cm³/mol. The zero-order valence-corrected chi connectivity index (χ0v) is 17.1. The molecule has 158 valence electrons. The number of aliphatic hydroxyl groups excluding tert-OH is 2. The first kappa shape index (κ1) is 21.4. The van der Waals surface area contributed by atoms with Gasteiger partial charge in [0, 0.05) is 31.1 Å². The molecule has 0 amide bonds. The maximum Gasteiger partial charge on any atom is 0.305 e. The molecule has 28 heavy (non-hydrogen) atoms. The summed E-state index contributed by atoms with van der Waals surface area (Å²) in [5.41, 5.74) is 0. The summed E-state index contributed by atoms with van der Waals surface area (Å²) in [4.78, 5) is 11.2. The third-order valence-electron chi connectivity index (χ3n) is 6.67. The lowest BCUT2D eigenvalue weighted by Crippen LogP contribution is -2.19. The number of esters is 1. The molecule has 0 unspecified atom stereocenters. The number of hydrogen-bond acceptors (Lipinski definition) is 5.